The number of anilines is 1. The monoisotopic (exact) mass is 288 g/mol. The van der Waals surface area contributed by atoms with E-state index in [-0.39, 0.29) is 5.69 Å². The molecule has 3 N–H and O–H groups in total. The number of nitrogens with zero attached hydrogens (tertiary/aromatic N) is 3. The third kappa shape index (κ3) is 3.39. The molecule has 0 aliphatic heterocycles. The highest BCUT2D eigenvalue weighted by atomic mass is 16.4. The van der Waals surface area contributed by atoms with Gasteiger partial charge in [0.1, 0.15) is 5.69 Å². The maximum absolute atomic E-state index is 11.3. The van der Waals surface area contributed by atoms with Gasteiger partial charge in [0, 0.05) is 17.8 Å². The van der Waals surface area contributed by atoms with E-state index in [9.17, 15) is 9.90 Å². The second-order valence-electron chi connectivity index (χ2n) is 5.29. The number of hydrogen-bond acceptors (Lipinski definition) is 4. The van der Waals surface area contributed by atoms with E-state index in [2.05, 4.69) is 24.2 Å². The lowest BCUT2D eigenvalue weighted by Gasteiger charge is -2.12. The third-order valence-corrected chi connectivity index (χ3v) is 3.39. The Morgan fingerprint density at radius 1 is 1.38 bits per heavy atom. The minimum Gasteiger partial charge on any atom is -0.476 e. The van der Waals surface area contributed by atoms with Crippen molar-refractivity contribution >= 4 is 11.7 Å². The van der Waals surface area contributed by atoms with E-state index in [0.29, 0.717) is 23.8 Å². The van der Waals surface area contributed by atoms with Crippen molar-refractivity contribution in [2.24, 2.45) is 5.92 Å². The van der Waals surface area contributed by atoms with Crippen LogP contribution in [0.1, 0.15) is 37.2 Å². The smallest absolute Gasteiger partial charge is 0.358 e. The lowest BCUT2D eigenvalue weighted by molar-refractivity contribution is 0.0691. The molecule has 0 aliphatic rings. The van der Waals surface area contributed by atoms with E-state index < -0.39 is 5.97 Å². The summed E-state index contributed by atoms with van der Waals surface area (Å²) < 4.78 is 1.68. The Kier molecular flexibility index (Phi) is 4.57. The Hall–Kier alpha value is -2.37. The van der Waals surface area contributed by atoms with Crippen LogP contribution in [0.25, 0.3) is 11.3 Å². The van der Waals surface area contributed by atoms with Crippen LogP contribution >= 0.6 is 0 Å². The lowest BCUT2D eigenvalue weighted by atomic mass is 10.1. The lowest BCUT2D eigenvalue weighted by Crippen LogP contribution is -2.11. The minimum atomic E-state index is -1.07. The number of aromatic carboxylic acids is 1. The predicted molar refractivity (Wildman–Crippen MR) is 80.9 cm³/mol. The zero-order valence-electron chi connectivity index (χ0n) is 12.3. The van der Waals surface area contributed by atoms with Crippen molar-refractivity contribution in [1.82, 2.24) is 15.0 Å². The van der Waals surface area contributed by atoms with Gasteiger partial charge in [-0.1, -0.05) is 37.6 Å². The highest BCUT2D eigenvalue weighted by molar-refractivity contribution is 5.92. The molecule has 0 radical (unpaired) electrons. The van der Waals surface area contributed by atoms with Crippen LogP contribution < -0.4 is 5.73 Å². The summed E-state index contributed by atoms with van der Waals surface area (Å²) in [6.07, 6.45) is 2.14. The second kappa shape index (κ2) is 6.39. The minimum absolute atomic E-state index is 0.0246. The molecule has 2 aromatic rings. The Labute approximate surface area is 123 Å². The number of nitrogen functional groups attached to an aromatic ring is 1. The zero-order valence-corrected chi connectivity index (χ0v) is 12.3. The molecule has 21 heavy (non-hydrogen) atoms. The summed E-state index contributed by atoms with van der Waals surface area (Å²) in [5, 5.41) is 17.1. The molecule has 1 heterocycles. The summed E-state index contributed by atoms with van der Waals surface area (Å²) >= 11 is 0. The average Bonchev–Trinajstić information content (AvgIpc) is 2.83. The predicted octanol–water partition coefficient (Wildman–Crippen LogP) is 2.66. The Bertz CT molecular complexity index is 619. The summed E-state index contributed by atoms with van der Waals surface area (Å²) in [5.41, 5.74) is 7.58. The highest BCUT2D eigenvalue weighted by Crippen LogP contribution is 2.24. The fourth-order valence-corrected chi connectivity index (χ4v) is 2.39. The van der Waals surface area contributed by atoms with E-state index >= 15 is 0 Å². The molecule has 0 bridgehead atoms. The highest BCUT2D eigenvalue weighted by Gasteiger charge is 2.21. The van der Waals surface area contributed by atoms with Crippen LogP contribution in [0.5, 0.6) is 0 Å². The molecule has 6 nitrogen and oxygen atoms in total. The summed E-state index contributed by atoms with van der Waals surface area (Å²) in [7, 11) is 0. The van der Waals surface area contributed by atoms with E-state index in [1.54, 1.807) is 28.9 Å². The summed E-state index contributed by atoms with van der Waals surface area (Å²) in [6.45, 7) is 4.90. The molecule has 1 aromatic carbocycles. The Morgan fingerprint density at radius 3 is 2.62 bits per heavy atom. The maximum Gasteiger partial charge on any atom is 0.358 e. The molecule has 0 amide bonds. The van der Waals surface area contributed by atoms with Crippen molar-refractivity contribution in [3.05, 3.63) is 30.0 Å². The quantitative estimate of drug-likeness (QED) is 0.797. The second-order valence-corrected chi connectivity index (χ2v) is 5.29. The van der Waals surface area contributed by atoms with E-state index in [1.807, 2.05) is 0 Å². The first-order valence-electron chi connectivity index (χ1n) is 7.05. The fraction of sp³-hybridized carbons (Fsp3) is 0.400. The van der Waals surface area contributed by atoms with Crippen molar-refractivity contribution < 1.29 is 9.90 Å². The van der Waals surface area contributed by atoms with Crippen molar-refractivity contribution in [2.45, 2.75) is 33.2 Å². The van der Waals surface area contributed by atoms with Gasteiger partial charge in [-0.05, 0) is 24.5 Å². The first-order chi connectivity index (χ1) is 10.0. The third-order valence-electron chi connectivity index (χ3n) is 3.39. The molecule has 1 unspecified atom stereocenters. The van der Waals surface area contributed by atoms with Gasteiger partial charge < -0.3 is 10.8 Å². The molecule has 1 atom stereocenters. The van der Waals surface area contributed by atoms with Crippen LogP contribution in [0.15, 0.2) is 24.3 Å². The Morgan fingerprint density at radius 2 is 2.05 bits per heavy atom. The number of carboxylic acids is 1. The van der Waals surface area contributed by atoms with Crippen molar-refractivity contribution in [3.63, 3.8) is 0 Å². The molecule has 0 spiro atoms. The van der Waals surface area contributed by atoms with E-state index in [0.717, 1.165) is 18.4 Å². The summed E-state index contributed by atoms with van der Waals surface area (Å²) in [4.78, 5) is 11.3. The van der Waals surface area contributed by atoms with Crippen molar-refractivity contribution in [3.8, 4) is 11.3 Å². The SMILES string of the molecule is CCCC(C)Cn1nnc(C(=O)O)c1-c1ccc(N)cc1. The number of nitrogens with two attached hydrogens (primary N) is 1. The Balaban J connectivity index is 2.42. The number of benzene rings is 1. The number of carboxylic acid groups (broad SMARTS) is 1. The van der Waals surface area contributed by atoms with Crippen molar-refractivity contribution in [2.75, 3.05) is 5.73 Å². The number of carbonyl (C=O) groups is 1. The molecule has 0 aliphatic carbocycles. The number of aromatic nitrogens is 3. The van der Waals surface area contributed by atoms with Gasteiger partial charge in [-0.3, -0.25) is 0 Å². The average molecular weight is 288 g/mol. The standard InChI is InChI=1S/C15H20N4O2/c1-3-4-10(2)9-19-14(13(15(20)21)17-18-19)11-5-7-12(16)8-6-11/h5-8,10H,3-4,9,16H2,1-2H3,(H,20,21). The molecular weight excluding hydrogens is 268 g/mol. The van der Waals surface area contributed by atoms with Gasteiger partial charge in [-0.15, -0.1) is 5.10 Å². The van der Waals surface area contributed by atoms with Gasteiger partial charge in [-0.25, -0.2) is 9.48 Å². The number of hydrogen-bond donors (Lipinski definition) is 2. The van der Waals surface area contributed by atoms with Crippen molar-refractivity contribution in [1.29, 1.82) is 0 Å². The van der Waals surface area contributed by atoms with Crippen LogP contribution in [0.3, 0.4) is 0 Å². The van der Waals surface area contributed by atoms with Gasteiger partial charge >= 0.3 is 5.97 Å². The molecule has 1 aromatic heterocycles. The van der Waals surface area contributed by atoms with Gasteiger partial charge in [0.2, 0.25) is 0 Å². The fourth-order valence-electron chi connectivity index (χ4n) is 2.39. The molecule has 2 rings (SSSR count). The van der Waals surface area contributed by atoms with Crippen LogP contribution in [-0.4, -0.2) is 26.1 Å². The molecule has 0 fully saturated rings. The maximum atomic E-state index is 11.3. The van der Waals surface area contributed by atoms with Gasteiger partial charge in [0.15, 0.2) is 5.69 Å². The molecule has 6 heteroatoms. The first kappa shape index (κ1) is 15.0. The zero-order chi connectivity index (χ0) is 15.4. The van der Waals surface area contributed by atoms with Gasteiger partial charge in [0.25, 0.3) is 0 Å². The molecule has 0 saturated carbocycles. The van der Waals surface area contributed by atoms with Crippen LogP contribution in [0, 0.1) is 5.92 Å². The van der Waals surface area contributed by atoms with Crippen LogP contribution in [0.4, 0.5) is 5.69 Å². The first-order valence-corrected chi connectivity index (χ1v) is 7.05. The van der Waals surface area contributed by atoms with Gasteiger partial charge in [0.05, 0.1) is 0 Å². The van der Waals surface area contributed by atoms with Crippen LogP contribution in [-0.2, 0) is 6.54 Å². The normalized spacial score (nSPS) is 12.3. The molecular formula is C15H20N4O2. The van der Waals surface area contributed by atoms with E-state index in [1.165, 1.54) is 0 Å². The summed E-state index contributed by atoms with van der Waals surface area (Å²) in [5.74, 6) is -0.665. The largest absolute Gasteiger partial charge is 0.476 e. The van der Waals surface area contributed by atoms with Crippen LogP contribution in [0.2, 0.25) is 0 Å². The molecule has 112 valence electrons. The van der Waals surface area contributed by atoms with Gasteiger partial charge in [-0.2, -0.15) is 0 Å². The summed E-state index contributed by atoms with van der Waals surface area (Å²) in [6, 6.07) is 7.07. The topological polar surface area (TPSA) is 94.0 Å². The number of rotatable bonds is 6. The van der Waals surface area contributed by atoms with E-state index in [4.69, 9.17) is 5.73 Å². The molecule has 0 saturated heterocycles.